The Bertz CT molecular complexity index is 3640. The minimum Gasteiger partial charge on any atom is -0.507 e. The van der Waals surface area contributed by atoms with Crippen molar-refractivity contribution in [2.75, 3.05) is 50.6 Å². The lowest BCUT2D eigenvalue weighted by atomic mass is 9.78. The van der Waals surface area contributed by atoms with Gasteiger partial charge in [0.1, 0.15) is 28.9 Å². The van der Waals surface area contributed by atoms with Gasteiger partial charge in [0, 0.05) is 98.9 Å². The summed E-state index contributed by atoms with van der Waals surface area (Å²) < 4.78 is 41.4. The Morgan fingerprint density at radius 2 is 1.59 bits per heavy atom. The molecule has 2 aliphatic carbocycles. The molecule has 7 heterocycles. The number of aryl methyl sites for hydroxylation is 1. The lowest BCUT2D eigenvalue weighted by Gasteiger charge is -2.42. The number of piperidine rings is 1. The molecule has 4 aromatic rings. The van der Waals surface area contributed by atoms with E-state index in [2.05, 4.69) is 22.2 Å². The second kappa shape index (κ2) is 23.9. The third-order valence-electron chi connectivity index (χ3n) is 19.8. The molecule has 22 heteroatoms. The molecule has 468 valence electrons. The number of carboxylic acids is 1. The molecule has 2 aromatic carbocycles. The van der Waals surface area contributed by atoms with Gasteiger partial charge in [0.05, 0.1) is 70.4 Å². The highest BCUT2D eigenvalue weighted by Gasteiger charge is 2.56. The molecule has 10 atom stereocenters. The zero-order valence-corrected chi connectivity index (χ0v) is 51.2. The van der Waals surface area contributed by atoms with Gasteiger partial charge >= 0.3 is 17.7 Å². The summed E-state index contributed by atoms with van der Waals surface area (Å²) in [6.07, 6.45) is 11.7. The topological polar surface area (TPSA) is 282 Å². The quantitative estimate of drug-likeness (QED) is 0.0341. The van der Waals surface area contributed by atoms with E-state index < -0.39 is 106 Å². The van der Waals surface area contributed by atoms with Gasteiger partial charge in [0.2, 0.25) is 0 Å². The molecule has 7 aliphatic rings. The van der Waals surface area contributed by atoms with Crippen LogP contribution >= 0.6 is 0 Å². The van der Waals surface area contributed by atoms with Gasteiger partial charge in [0.15, 0.2) is 11.6 Å². The molecule has 7 N–H and O–H groups in total. The van der Waals surface area contributed by atoms with Gasteiger partial charge in [-0.05, 0) is 108 Å². The molecule has 0 spiro atoms. The number of hydrazone groups is 1. The van der Waals surface area contributed by atoms with Crippen LogP contribution in [0.2, 0.25) is 0 Å². The molecule has 2 saturated carbocycles. The maximum absolute atomic E-state index is 16.3. The van der Waals surface area contributed by atoms with Crippen LogP contribution < -0.4 is 20.5 Å². The van der Waals surface area contributed by atoms with Crippen LogP contribution in [0, 0.1) is 49.3 Å². The number of aliphatic hydroxyl groups excluding tert-OH is 2. The van der Waals surface area contributed by atoms with E-state index in [1.165, 1.54) is 69.9 Å². The molecule has 0 unspecified atom stereocenters. The van der Waals surface area contributed by atoms with Crippen molar-refractivity contribution < 1.29 is 73.2 Å². The van der Waals surface area contributed by atoms with Crippen molar-refractivity contribution in [3.05, 3.63) is 98.0 Å². The number of allylic oxidation sites excluding steroid dienone is 2. The van der Waals surface area contributed by atoms with E-state index >= 15 is 4.39 Å². The molecule has 21 nitrogen and oxygen atoms in total. The number of aliphatic hydroxyl groups is 2. The predicted molar refractivity (Wildman–Crippen MR) is 323 cm³/mol. The summed E-state index contributed by atoms with van der Waals surface area (Å²) in [5.74, 6) is -10.4. The van der Waals surface area contributed by atoms with Crippen LogP contribution in [0.1, 0.15) is 142 Å². The van der Waals surface area contributed by atoms with Crippen LogP contribution in [-0.4, -0.2) is 157 Å². The number of carboxylic acid groups (broad SMARTS) is 1. The summed E-state index contributed by atoms with van der Waals surface area (Å²) in [4.78, 5) is 71.4. The van der Waals surface area contributed by atoms with Crippen molar-refractivity contribution in [1.29, 1.82) is 0 Å². The van der Waals surface area contributed by atoms with Crippen molar-refractivity contribution >= 4 is 57.5 Å². The summed E-state index contributed by atoms with van der Waals surface area (Å²) in [6, 6.07) is 1.62. The zero-order valence-electron chi connectivity index (χ0n) is 51.2. The van der Waals surface area contributed by atoms with Crippen LogP contribution in [0.4, 0.5) is 15.8 Å². The number of rotatable bonds is 10. The molecule has 11 rings (SSSR count). The Morgan fingerprint density at radius 3 is 2.22 bits per heavy atom. The number of Topliss-reactive ketones (excluding diaryl/α,β-unsaturated/α-hetero) is 1. The van der Waals surface area contributed by atoms with Gasteiger partial charge in [0.25, 0.3) is 17.2 Å². The fraction of sp³-hybridized carbons (Fsp3) is 0.538. The molecular weight excluding hydrogens is 1120 g/mol. The highest BCUT2D eigenvalue weighted by Crippen LogP contribution is 2.56. The lowest BCUT2D eigenvalue weighted by molar-refractivity contribution is -0.160. The van der Waals surface area contributed by atoms with Gasteiger partial charge in [-0.3, -0.25) is 33.5 Å². The van der Waals surface area contributed by atoms with E-state index in [1.54, 1.807) is 39.8 Å². The number of pyridine rings is 2. The fourth-order valence-electron chi connectivity index (χ4n) is 14.2. The van der Waals surface area contributed by atoms with Crippen LogP contribution in [0.15, 0.2) is 58.3 Å². The monoisotopic (exact) mass is 1200 g/mol. The number of carbonyl (C=O) groups is 4. The zero-order chi connectivity index (χ0) is 63.0. The number of aromatic hydroxyl groups is 3. The second-order valence-electron chi connectivity index (χ2n) is 25.3. The largest absolute Gasteiger partial charge is 0.507 e. The predicted octanol–water partition coefficient (Wildman–Crippen LogP) is 8.18. The van der Waals surface area contributed by atoms with Gasteiger partial charge in [-0.1, -0.05) is 45.9 Å². The van der Waals surface area contributed by atoms with Crippen LogP contribution in [0.5, 0.6) is 23.0 Å². The van der Waals surface area contributed by atoms with Crippen LogP contribution in [0.3, 0.4) is 0 Å². The number of ether oxygens (including phenoxy) is 4. The number of fused-ring (bicyclic) bond motifs is 15. The number of benzene rings is 2. The third kappa shape index (κ3) is 11.2. The first-order valence-electron chi connectivity index (χ1n) is 30.1. The maximum atomic E-state index is 16.3. The molecule has 2 saturated heterocycles. The highest BCUT2D eigenvalue weighted by atomic mass is 19.1. The number of ketones is 1. The Labute approximate surface area is 504 Å². The number of methoxy groups -OCH3 is 1. The number of esters is 1. The summed E-state index contributed by atoms with van der Waals surface area (Å²) in [5, 5.41) is 78.5. The standard InChI is InChI=1S/C65H81FN6O15/c1-31-13-12-14-32(2)61(80)68-50-44(56(77)47-48(57(50)78)55(76)37(7)59-49(47)60(79)64(9,87-59)85-26-20-46(84-11)33(3)58(86-38(8)73)36(6)54(75)35(5)53(31)74)28-67-71-24-18-41(19-25-71)69(10)65(21-22-65)40-17-23-70(29-40)52-34(4)51-42(39-15-16-39)27-43(63(82)83)62(81)72(51)30-45(52)66/h12-14,20,26-28,30-31,33,35-36,39-41,46,53-54,58,74-78H,15-19,21-25,29H2,1-11H3,(H,68,80)(H,82,83)/b13-12-,26-20-,32-14-,67-28?/t31-,33+,35+,36+,40+,46-,53-,54+,58+,64-/m0/s1. The smallest absolute Gasteiger partial charge is 0.341 e. The number of carbonyl (C=O) groups excluding carboxylic acids is 3. The van der Waals surface area contributed by atoms with Gasteiger partial charge in [-0.2, -0.15) is 5.10 Å². The fourth-order valence-corrected chi connectivity index (χ4v) is 14.2. The minimum atomic E-state index is -2.11. The SMILES string of the molecule is CO[C@H]1/C=C\O[C@@]2(C)Oc3c(C)c(O)c4c(O)c(c(C=NN5CCC(N(C)C6([C@@H]7CCN(c8c(F)cn9c(=O)c(C(=O)O)cc(C%10CC%10)c9c8C)C7)CC6)CC5)c(O)c4c3C2=O)NC(=O)/C(C)=C\C=C/[C@H](C)[C@H](O)[C@@H](C)[C@@H](O)[C@@H](C)[C@H](OC(C)=O)[C@@H]1C. The number of aromatic carboxylic acids is 1. The number of phenolic OH excluding ortho intramolecular Hbond substituents is 3. The summed E-state index contributed by atoms with van der Waals surface area (Å²) in [7, 11) is 3.58. The van der Waals surface area contributed by atoms with Gasteiger partial charge < -0.3 is 59.8 Å². The third-order valence-corrected chi connectivity index (χ3v) is 19.8. The minimum absolute atomic E-state index is 0.0215. The normalized spacial score (nSPS) is 29.6. The van der Waals surface area contributed by atoms with Crippen molar-refractivity contribution in [2.45, 2.75) is 155 Å². The molecule has 87 heavy (non-hydrogen) atoms. The number of phenols is 3. The van der Waals surface area contributed by atoms with Crippen molar-refractivity contribution in [2.24, 2.45) is 34.7 Å². The number of halogens is 1. The molecule has 5 bridgehead atoms. The first kappa shape index (κ1) is 62.5. The second-order valence-corrected chi connectivity index (χ2v) is 25.3. The molecule has 1 amide bonds. The van der Waals surface area contributed by atoms with E-state index in [1.807, 2.05) is 11.9 Å². The van der Waals surface area contributed by atoms with Crippen LogP contribution in [0.25, 0.3) is 16.3 Å². The summed E-state index contributed by atoms with van der Waals surface area (Å²) >= 11 is 0. The number of anilines is 2. The Balaban J connectivity index is 0.932. The number of hydrogen-bond acceptors (Lipinski definition) is 18. The molecular formula is C65H81FN6O15. The summed E-state index contributed by atoms with van der Waals surface area (Å²) in [5.41, 5.74) is 0.593. The lowest BCUT2D eigenvalue weighted by Crippen LogP contribution is -2.50. The van der Waals surface area contributed by atoms with Crippen LogP contribution in [-0.2, 0) is 23.8 Å². The van der Waals surface area contributed by atoms with Crippen molar-refractivity contribution in [1.82, 2.24) is 14.3 Å². The number of nitrogens with zero attached hydrogens (tertiary/aromatic N) is 5. The Hall–Kier alpha value is -7.53. The van der Waals surface area contributed by atoms with Crippen molar-refractivity contribution in [3.8, 4) is 23.0 Å². The Morgan fingerprint density at radius 1 is 0.897 bits per heavy atom. The average molecular weight is 1210 g/mol. The molecule has 2 aromatic heterocycles. The van der Waals surface area contributed by atoms with E-state index in [4.69, 9.17) is 24.0 Å². The first-order chi connectivity index (χ1) is 41.2. The molecule has 4 fully saturated rings. The van der Waals surface area contributed by atoms with E-state index in [0.717, 1.165) is 43.9 Å². The molecule has 5 aliphatic heterocycles. The van der Waals surface area contributed by atoms with E-state index in [9.17, 15) is 54.6 Å². The number of amides is 1. The number of hydrogen-bond donors (Lipinski definition) is 7. The van der Waals surface area contributed by atoms with E-state index in [-0.39, 0.29) is 73.5 Å². The number of nitrogens with one attached hydrogen (secondary N) is 1. The van der Waals surface area contributed by atoms with Gasteiger partial charge in [-0.25, -0.2) is 9.18 Å². The maximum Gasteiger partial charge on any atom is 0.341 e. The number of aromatic nitrogens is 1. The first-order valence-corrected chi connectivity index (χ1v) is 30.1. The van der Waals surface area contributed by atoms with Crippen molar-refractivity contribution in [3.63, 3.8) is 0 Å². The highest BCUT2D eigenvalue weighted by molar-refractivity contribution is 6.24. The van der Waals surface area contributed by atoms with E-state index in [0.29, 0.717) is 55.8 Å². The van der Waals surface area contributed by atoms with Gasteiger partial charge in [-0.15, -0.1) is 0 Å². The Kier molecular flexibility index (Phi) is 17.2. The summed E-state index contributed by atoms with van der Waals surface area (Å²) in [6.45, 7) is 16.5. The molecule has 0 radical (unpaired) electrons. The average Bonchev–Trinajstić information content (AvgIpc) is 1.69.